The maximum absolute atomic E-state index is 11.9. The van der Waals surface area contributed by atoms with Crippen molar-refractivity contribution in [3.05, 3.63) is 34.6 Å². The van der Waals surface area contributed by atoms with E-state index in [2.05, 4.69) is 27.0 Å². The highest BCUT2D eigenvalue weighted by molar-refractivity contribution is 9.10. The van der Waals surface area contributed by atoms with Crippen molar-refractivity contribution in [2.24, 2.45) is 5.92 Å². The Morgan fingerprint density at radius 3 is 2.83 bits per heavy atom. The summed E-state index contributed by atoms with van der Waals surface area (Å²) >= 11 is 3.39. The van der Waals surface area contributed by atoms with Gasteiger partial charge in [0, 0.05) is 19.0 Å². The molecule has 0 spiro atoms. The molecule has 2 heterocycles. The first kappa shape index (κ1) is 11.9. The van der Waals surface area contributed by atoms with Crippen LogP contribution in [0.3, 0.4) is 0 Å². The molecule has 0 N–H and O–H groups in total. The van der Waals surface area contributed by atoms with E-state index >= 15 is 0 Å². The van der Waals surface area contributed by atoms with Crippen molar-refractivity contribution >= 4 is 27.4 Å². The third kappa shape index (κ3) is 2.48. The van der Waals surface area contributed by atoms with Crippen molar-refractivity contribution in [2.75, 3.05) is 13.1 Å². The Morgan fingerprint density at radius 2 is 2.22 bits per heavy atom. The standard InChI is InChI=1S/C14H15BrN2O/c15-13-3-1-2-12(16-13)10-6-8-17(9-7-10)14(18)11-4-5-11/h1-3,6,11H,4-5,7-9H2. The molecule has 3 rings (SSSR count). The number of amides is 1. The number of pyridine rings is 1. The molecular formula is C14H15BrN2O. The van der Waals surface area contributed by atoms with Crippen molar-refractivity contribution in [2.45, 2.75) is 19.3 Å². The fourth-order valence-corrected chi connectivity index (χ4v) is 2.62. The predicted octanol–water partition coefficient (Wildman–Crippen LogP) is 2.87. The fraction of sp³-hybridized carbons (Fsp3) is 0.429. The second kappa shape index (κ2) is 4.84. The van der Waals surface area contributed by atoms with Gasteiger partial charge in [-0.25, -0.2) is 4.98 Å². The maximum atomic E-state index is 11.9. The molecule has 3 nitrogen and oxygen atoms in total. The van der Waals surface area contributed by atoms with Gasteiger partial charge in [-0.2, -0.15) is 0 Å². The highest BCUT2D eigenvalue weighted by Crippen LogP contribution is 2.32. The lowest BCUT2D eigenvalue weighted by Gasteiger charge is -2.26. The van der Waals surface area contributed by atoms with Crippen LogP contribution in [-0.4, -0.2) is 28.9 Å². The van der Waals surface area contributed by atoms with Gasteiger partial charge in [0.25, 0.3) is 0 Å². The first-order chi connectivity index (χ1) is 8.74. The minimum atomic E-state index is 0.323. The topological polar surface area (TPSA) is 33.2 Å². The highest BCUT2D eigenvalue weighted by atomic mass is 79.9. The Bertz CT molecular complexity index is 508. The van der Waals surface area contributed by atoms with Crippen LogP contribution >= 0.6 is 15.9 Å². The minimum Gasteiger partial charge on any atom is -0.338 e. The van der Waals surface area contributed by atoms with Gasteiger partial charge in [-0.1, -0.05) is 12.1 Å². The Morgan fingerprint density at radius 1 is 1.39 bits per heavy atom. The summed E-state index contributed by atoms with van der Waals surface area (Å²) in [6.45, 7) is 1.56. The highest BCUT2D eigenvalue weighted by Gasteiger charge is 2.33. The lowest BCUT2D eigenvalue weighted by Crippen LogP contribution is -2.35. The lowest BCUT2D eigenvalue weighted by molar-refractivity contribution is -0.132. The number of rotatable bonds is 2. The Kier molecular flexibility index (Phi) is 3.20. The summed E-state index contributed by atoms with van der Waals surface area (Å²) in [5.41, 5.74) is 2.26. The van der Waals surface area contributed by atoms with Gasteiger partial charge in [-0.15, -0.1) is 0 Å². The monoisotopic (exact) mass is 306 g/mol. The quantitative estimate of drug-likeness (QED) is 0.787. The fourth-order valence-electron chi connectivity index (χ4n) is 2.28. The van der Waals surface area contributed by atoms with Crippen molar-refractivity contribution in [3.8, 4) is 0 Å². The van der Waals surface area contributed by atoms with Crippen LogP contribution in [-0.2, 0) is 4.79 Å². The van der Waals surface area contributed by atoms with E-state index in [0.717, 1.165) is 42.6 Å². The summed E-state index contributed by atoms with van der Waals surface area (Å²) in [6, 6.07) is 5.94. The zero-order valence-electron chi connectivity index (χ0n) is 10.1. The molecule has 1 aromatic heterocycles. The third-order valence-corrected chi connectivity index (χ3v) is 3.93. The number of hydrogen-bond donors (Lipinski definition) is 0. The SMILES string of the molecule is O=C(C1CC1)N1CC=C(c2cccc(Br)n2)CC1. The molecule has 1 aliphatic heterocycles. The third-order valence-electron chi connectivity index (χ3n) is 3.49. The van der Waals surface area contributed by atoms with E-state index in [1.54, 1.807) is 0 Å². The van der Waals surface area contributed by atoms with Gasteiger partial charge in [0.15, 0.2) is 0 Å². The molecule has 1 amide bonds. The van der Waals surface area contributed by atoms with Crippen molar-refractivity contribution in [1.82, 2.24) is 9.88 Å². The molecule has 0 atom stereocenters. The van der Waals surface area contributed by atoms with Crippen LogP contribution in [0.1, 0.15) is 25.0 Å². The van der Waals surface area contributed by atoms with Crippen molar-refractivity contribution < 1.29 is 4.79 Å². The summed E-state index contributed by atoms with van der Waals surface area (Å²) in [6.07, 6.45) is 5.21. The second-order valence-electron chi connectivity index (χ2n) is 4.88. The number of hydrogen-bond acceptors (Lipinski definition) is 2. The molecule has 94 valence electrons. The lowest BCUT2D eigenvalue weighted by atomic mass is 10.0. The minimum absolute atomic E-state index is 0.323. The van der Waals surface area contributed by atoms with Gasteiger partial charge in [0.2, 0.25) is 5.91 Å². The van der Waals surface area contributed by atoms with Crippen LogP contribution in [0.25, 0.3) is 5.57 Å². The zero-order chi connectivity index (χ0) is 12.5. The van der Waals surface area contributed by atoms with Gasteiger partial charge >= 0.3 is 0 Å². The molecule has 0 radical (unpaired) electrons. The van der Waals surface area contributed by atoms with Crippen LogP contribution in [0.4, 0.5) is 0 Å². The number of carbonyl (C=O) groups is 1. The summed E-state index contributed by atoms with van der Waals surface area (Å²) < 4.78 is 0.859. The molecule has 0 bridgehead atoms. The molecule has 4 heteroatoms. The second-order valence-corrected chi connectivity index (χ2v) is 5.70. The Hall–Kier alpha value is -1.16. The summed E-state index contributed by atoms with van der Waals surface area (Å²) in [4.78, 5) is 18.4. The number of aromatic nitrogens is 1. The number of nitrogens with zero attached hydrogens (tertiary/aromatic N) is 2. The van der Waals surface area contributed by atoms with Crippen LogP contribution in [0.2, 0.25) is 0 Å². The van der Waals surface area contributed by atoms with Crippen LogP contribution in [0, 0.1) is 5.92 Å². The van der Waals surface area contributed by atoms with Gasteiger partial charge in [-0.3, -0.25) is 4.79 Å². The predicted molar refractivity (Wildman–Crippen MR) is 73.8 cm³/mol. The van der Waals surface area contributed by atoms with Gasteiger partial charge < -0.3 is 4.90 Å². The van der Waals surface area contributed by atoms with E-state index in [1.165, 1.54) is 5.57 Å². The molecule has 1 fully saturated rings. The van der Waals surface area contributed by atoms with E-state index in [1.807, 2.05) is 23.1 Å². The van der Waals surface area contributed by atoms with E-state index < -0.39 is 0 Å². The molecule has 1 saturated carbocycles. The van der Waals surface area contributed by atoms with E-state index in [9.17, 15) is 4.79 Å². The van der Waals surface area contributed by atoms with E-state index in [-0.39, 0.29) is 0 Å². The van der Waals surface area contributed by atoms with E-state index in [4.69, 9.17) is 0 Å². The van der Waals surface area contributed by atoms with Crippen molar-refractivity contribution in [1.29, 1.82) is 0 Å². The van der Waals surface area contributed by atoms with Crippen LogP contribution in [0.15, 0.2) is 28.9 Å². The largest absolute Gasteiger partial charge is 0.338 e. The Balaban J connectivity index is 1.71. The molecular weight excluding hydrogens is 292 g/mol. The normalized spacial score (nSPS) is 19.6. The number of carbonyl (C=O) groups excluding carboxylic acids is 1. The average molecular weight is 307 g/mol. The molecule has 0 aromatic carbocycles. The first-order valence-corrected chi connectivity index (χ1v) is 7.14. The van der Waals surface area contributed by atoms with Gasteiger partial charge in [0.05, 0.1) is 5.69 Å². The molecule has 0 unspecified atom stereocenters. The smallest absolute Gasteiger partial charge is 0.225 e. The average Bonchev–Trinajstić information content (AvgIpc) is 3.22. The Labute approximate surface area is 115 Å². The summed E-state index contributed by atoms with van der Waals surface area (Å²) in [7, 11) is 0. The molecule has 0 saturated heterocycles. The maximum Gasteiger partial charge on any atom is 0.225 e. The molecule has 1 aliphatic carbocycles. The molecule has 18 heavy (non-hydrogen) atoms. The summed E-state index contributed by atoms with van der Waals surface area (Å²) in [5.74, 6) is 0.663. The van der Waals surface area contributed by atoms with Gasteiger partial charge in [0.1, 0.15) is 4.60 Å². The number of halogens is 1. The first-order valence-electron chi connectivity index (χ1n) is 6.35. The molecule has 1 aromatic rings. The molecule has 2 aliphatic rings. The van der Waals surface area contributed by atoms with E-state index in [0.29, 0.717) is 11.8 Å². The van der Waals surface area contributed by atoms with Crippen molar-refractivity contribution in [3.63, 3.8) is 0 Å². The van der Waals surface area contributed by atoms with Crippen LogP contribution in [0.5, 0.6) is 0 Å². The van der Waals surface area contributed by atoms with Gasteiger partial charge in [-0.05, 0) is 52.9 Å². The summed E-state index contributed by atoms with van der Waals surface area (Å²) in [5, 5.41) is 0. The zero-order valence-corrected chi connectivity index (χ0v) is 11.7. The van der Waals surface area contributed by atoms with Crippen LogP contribution < -0.4 is 0 Å².